The Hall–Kier alpha value is -3.39. The molecule has 0 saturated heterocycles. The van der Waals surface area contributed by atoms with Crippen molar-refractivity contribution in [3.8, 4) is 17.2 Å². The number of ether oxygens (including phenoxy) is 3. The van der Waals surface area contributed by atoms with E-state index in [2.05, 4.69) is 5.32 Å². The van der Waals surface area contributed by atoms with Gasteiger partial charge in [0.05, 0.1) is 23.7 Å². The fourth-order valence-corrected chi connectivity index (χ4v) is 3.37. The van der Waals surface area contributed by atoms with Crippen LogP contribution < -0.4 is 14.8 Å². The van der Waals surface area contributed by atoms with Crippen molar-refractivity contribution in [2.45, 2.75) is 13.0 Å². The summed E-state index contributed by atoms with van der Waals surface area (Å²) in [6.07, 6.45) is 0. The monoisotopic (exact) mass is 446 g/mol. The Balaban J connectivity index is 1.81. The zero-order valence-corrected chi connectivity index (χ0v) is 18.1. The number of urea groups is 1. The van der Waals surface area contributed by atoms with Gasteiger partial charge in [-0.05, 0) is 36.8 Å². The number of hydrogen-bond acceptors (Lipinski definition) is 6. The van der Waals surface area contributed by atoms with Crippen LogP contribution in [0.4, 0.5) is 4.79 Å². The maximum Gasteiger partial charge on any atom is 0.338 e. The zero-order valence-electron chi connectivity index (χ0n) is 17.3. The lowest BCUT2D eigenvalue weighted by Gasteiger charge is -2.33. The number of aromatic hydroxyl groups is 1. The van der Waals surface area contributed by atoms with Crippen LogP contribution in [0.1, 0.15) is 18.5 Å². The highest BCUT2D eigenvalue weighted by molar-refractivity contribution is 6.32. The molecule has 1 atom stereocenters. The molecule has 164 valence electrons. The summed E-state index contributed by atoms with van der Waals surface area (Å²) in [5, 5.41) is 12.8. The van der Waals surface area contributed by atoms with E-state index in [0.717, 1.165) is 0 Å². The number of allylic oxidation sites excluding steroid dienone is 1. The Bertz CT molecular complexity index is 1010. The molecule has 0 radical (unpaired) electrons. The van der Waals surface area contributed by atoms with Crippen molar-refractivity contribution in [3.05, 3.63) is 64.3 Å². The molecule has 0 fully saturated rings. The van der Waals surface area contributed by atoms with E-state index >= 15 is 0 Å². The molecular formula is C22H23ClN2O6. The van der Waals surface area contributed by atoms with Gasteiger partial charge < -0.3 is 29.5 Å². The van der Waals surface area contributed by atoms with E-state index in [0.29, 0.717) is 17.0 Å². The summed E-state index contributed by atoms with van der Waals surface area (Å²) in [4.78, 5) is 26.6. The summed E-state index contributed by atoms with van der Waals surface area (Å²) in [6, 6.07) is 10.9. The van der Waals surface area contributed by atoms with Crippen molar-refractivity contribution in [2.75, 3.05) is 27.4 Å². The van der Waals surface area contributed by atoms with Gasteiger partial charge in [0.15, 0.2) is 11.5 Å². The molecule has 0 aliphatic carbocycles. The Labute approximate surface area is 185 Å². The van der Waals surface area contributed by atoms with Crippen LogP contribution in [0.2, 0.25) is 5.02 Å². The number of nitrogens with one attached hydrogen (secondary N) is 1. The minimum atomic E-state index is -0.835. The molecule has 1 heterocycles. The predicted octanol–water partition coefficient (Wildman–Crippen LogP) is 3.65. The summed E-state index contributed by atoms with van der Waals surface area (Å²) >= 11 is 6.10. The lowest BCUT2D eigenvalue weighted by molar-refractivity contribution is -0.140. The molecule has 0 saturated carbocycles. The summed E-state index contributed by atoms with van der Waals surface area (Å²) in [5.41, 5.74) is 1.14. The van der Waals surface area contributed by atoms with Gasteiger partial charge in [0.1, 0.15) is 19.0 Å². The minimum Gasteiger partial charge on any atom is -0.503 e. The van der Waals surface area contributed by atoms with E-state index in [1.165, 1.54) is 24.1 Å². The Morgan fingerprint density at radius 2 is 1.94 bits per heavy atom. The van der Waals surface area contributed by atoms with Crippen molar-refractivity contribution in [3.63, 3.8) is 0 Å². The number of rotatable bonds is 7. The number of carbonyl (C=O) groups is 2. The molecule has 2 aromatic carbocycles. The molecule has 31 heavy (non-hydrogen) atoms. The largest absolute Gasteiger partial charge is 0.503 e. The number of benzene rings is 2. The number of halogens is 1. The molecule has 0 unspecified atom stereocenters. The Kier molecular flexibility index (Phi) is 6.91. The van der Waals surface area contributed by atoms with E-state index in [1.807, 2.05) is 18.2 Å². The molecule has 0 spiro atoms. The number of carbonyl (C=O) groups excluding carboxylic acids is 2. The second-order valence-corrected chi connectivity index (χ2v) is 7.20. The first kappa shape index (κ1) is 22.3. The van der Waals surface area contributed by atoms with Gasteiger partial charge in [0.2, 0.25) is 0 Å². The van der Waals surface area contributed by atoms with Crippen LogP contribution in [0.5, 0.6) is 17.2 Å². The lowest BCUT2D eigenvalue weighted by atomic mass is 9.94. The number of amides is 2. The highest BCUT2D eigenvalue weighted by Gasteiger charge is 2.35. The summed E-state index contributed by atoms with van der Waals surface area (Å²) < 4.78 is 16.1. The minimum absolute atomic E-state index is 0.0224. The normalized spacial score (nSPS) is 16.1. The van der Waals surface area contributed by atoms with Crippen LogP contribution in [-0.2, 0) is 9.53 Å². The predicted molar refractivity (Wildman–Crippen MR) is 114 cm³/mol. The molecule has 1 aliphatic heterocycles. The first-order valence-corrected chi connectivity index (χ1v) is 9.87. The number of methoxy groups -OCH3 is 1. The van der Waals surface area contributed by atoms with Crippen molar-refractivity contribution < 1.29 is 28.9 Å². The van der Waals surface area contributed by atoms with Gasteiger partial charge in [0.25, 0.3) is 0 Å². The number of nitrogens with zero attached hydrogens (tertiary/aromatic N) is 1. The molecule has 0 aromatic heterocycles. The van der Waals surface area contributed by atoms with E-state index in [-0.39, 0.29) is 35.3 Å². The van der Waals surface area contributed by atoms with E-state index in [1.54, 1.807) is 26.1 Å². The third-order valence-electron chi connectivity index (χ3n) is 4.91. The maximum absolute atomic E-state index is 12.9. The number of phenols is 1. The van der Waals surface area contributed by atoms with Gasteiger partial charge in [-0.15, -0.1) is 0 Å². The van der Waals surface area contributed by atoms with E-state index in [9.17, 15) is 14.7 Å². The Morgan fingerprint density at radius 3 is 2.61 bits per heavy atom. The summed E-state index contributed by atoms with van der Waals surface area (Å²) in [7, 11) is 2.93. The third kappa shape index (κ3) is 4.86. The molecule has 9 heteroatoms. The molecule has 2 amide bonds. The zero-order chi connectivity index (χ0) is 22.5. The summed E-state index contributed by atoms with van der Waals surface area (Å²) in [6.45, 7) is 1.85. The molecular weight excluding hydrogens is 424 g/mol. The standard InChI is InChI=1S/C22H23ClN2O6/c1-13-18(21(27)31-10-9-30-15-7-5-4-6-8-15)19(24-22(28)25(13)2)14-11-16(23)20(26)17(12-14)29-3/h4-8,11-12,19,26H,9-10H2,1-3H3,(H,24,28)/t19-/m1/s1. The van der Waals surface area contributed by atoms with Crippen LogP contribution in [-0.4, -0.2) is 49.4 Å². The molecule has 1 aliphatic rings. The number of phenolic OH excluding ortho intramolecular Hbond substituents is 1. The average Bonchev–Trinajstić information content (AvgIpc) is 2.77. The van der Waals surface area contributed by atoms with Crippen LogP contribution in [0.15, 0.2) is 53.7 Å². The van der Waals surface area contributed by atoms with Crippen LogP contribution in [0.25, 0.3) is 0 Å². The smallest absolute Gasteiger partial charge is 0.338 e. The molecule has 2 aromatic rings. The van der Waals surface area contributed by atoms with Gasteiger partial charge in [-0.2, -0.15) is 0 Å². The third-order valence-corrected chi connectivity index (χ3v) is 5.19. The fourth-order valence-electron chi connectivity index (χ4n) is 3.15. The molecule has 3 rings (SSSR count). The van der Waals surface area contributed by atoms with Gasteiger partial charge in [-0.3, -0.25) is 0 Å². The van der Waals surface area contributed by atoms with Crippen molar-refractivity contribution in [1.82, 2.24) is 10.2 Å². The van der Waals surface area contributed by atoms with Gasteiger partial charge in [-0.25, -0.2) is 9.59 Å². The number of hydrogen-bond donors (Lipinski definition) is 2. The van der Waals surface area contributed by atoms with Crippen molar-refractivity contribution in [1.29, 1.82) is 0 Å². The van der Waals surface area contributed by atoms with Crippen LogP contribution in [0.3, 0.4) is 0 Å². The second-order valence-electron chi connectivity index (χ2n) is 6.79. The quantitative estimate of drug-likeness (QED) is 0.497. The number of esters is 1. The first-order chi connectivity index (χ1) is 14.8. The average molecular weight is 447 g/mol. The van der Waals surface area contributed by atoms with E-state index < -0.39 is 18.0 Å². The highest BCUT2D eigenvalue weighted by atomic mass is 35.5. The van der Waals surface area contributed by atoms with E-state index in [4.69, 9.17) is 25.8 Å². The SMILES string of the molecule is COc1cc([C@H]2NC(=O)N(C)C(C)=C2C(=O)OCCOc2ccccc2)cc(Cl)c1O. The van der Waals surface area contributed by atoms with Crippen LogP contribution >= 0.6 is 11.6 Å². The fraction of sp³-hybridized carbons (Fsp3) is 0.273. The van der Waals surface area contributed by atoms with Gasteiger partial charge in [-0.1, -0.05) is 29.8 Å². The Morgan fingerprint density at radius 1 is 1.23 bits per heavy atom. The molecule has 0 bridgehead atoms. The van der Waals surface area contributed by atoms with Gasteiger partial charge >= 0.3 is 12.0 Å². The highest BCUT2D eigenvalue weighted by Crippen LogP contribution is 2.39. The van der Waals surface area contributed by atoms with Crippen molar-refractivity contribution >= 4 is 23.6 Å². The lowest BCUT2D eigenvalue weighted by Crippen LogP contribution is -2.46. The van der Waals surface area contributed by atoms with Crippen molar-refractivity contribution in [2.24, 2.45) is 0 Å². The first-order valence-electron chi connectivity index (χ1n) is 9.49. The maximum atomic E-state index is 12.9. The van der Waals surface area contributed by atoms with Crippen LogP contribution in [0, 0.1) is 0 Å². The molecule has 8 nitrogen and oxygen atoms in total. The second kappa shape index (κ2) is 9.61. The van der Waals surface area contributed by atoms with Gasteiger partial charge in [0, 0.05) is 12.7 Å². The summed E-state index contributed by atoms with van der Waals surface area (Å²) in [5.74, 6) is -0.0381. The topological polar surface area (TPSA) is 97.3 Å². The molecule has 2 N–H and O–H groups in total. The number of para-hydroxylation sites is 1.